The van der Waals surface area contributed by atoms with Gasteiger partial charge < -0.3 is 0 Å². The summed E-state index contributed by atoms with van der Waals surface area (Å²) in [6.45, 7) is 0. The predicted octanol–water partition coefficient (Wildman–Crippen LogP) is 14.1. The van der Waals surface area contributed by atoms with Crippen LogP contribution in [-0.2, 0) is 6.42 Å². The summed E-state index contributed by atoms with van der Waals surface area (Å²) in [6.07, 6.45) is 0.999. The average Bonchev–Trinajstić information content (AvgIpc) is 3.89. The van der Waals surface area contributed by atoms with Gasteiger partial charge in [-0.2, -0.15) is 0 Å². The number of rotatable bonds is 4. The van der Waals surface area contributed by atoms with E-state index in [-0.39, 0.29) is 11.8 Å². The molecule has 0 heterocycles. The molecular weight excluding hydrogens is 661 g/mol. The first-order valence-corrected chi connectivity index (χ1v) is 19.5. The topological polar surface area (TPSA) is 0 Å². The summed E-state index contributed by atoms with van der Waals surface area (Å²) in [5, 5.41) is 2.58. The maximum Gasteiger partial charge on any atom is 0.0352 e. The van der Waals surface area contributed by atoms with Gasteiger partial charge >= 0.3 is 0 Å². The van der Waals surface area contributed by atoms with Gasteiger partial charge in [-0.1, -0.05) is 176 Å². The highest BCUT2D eigenvalue weighted by molar-refractivity contribution is 5.92. The monoisotopic (exact) mass is 696 g/mol. The Kier molecular flexibility index (Phi) is 6.62. The van der Waals surface area contributed by atoms with Crippen LogP contribution in [0.5, 0.6) is 0 Å². The van der Waals surface area contributed by atoms with Gasteiger partial charge in [0, 0.05) is 11.8 Å². The highest BCUT2D eigenvalue weighted by Crippen LogP contribution is 2.54. The second-order valence-corrected chi connectivity index (χ2v) is 15.6. The molecule has 9 aromatic rings. The molecular formula is C55H36. The van der Waals surface area contributed by atoms with Crippen LogP contribution >= 0.6 is 0 Å². The minimum absolute atomic E-state index is 0.192. The highest BCUT2D eigenvalue weighted by atomic mass is 14.4. The highest BCUT2D eigenvalue weighted by Gasteiger charge is 2.34. The second-order valence-electron chi connectivity index (χ2n) is 15.6. The third-order valence-electron chi connectivity index (χ3n) is 12.6. The largest absolute Gasteiger partial charge is 0.0622 e. The summed E-state index contributed by atoms with van der Waals surface area (Å²) in [6, 6.07) is 73.2. The van der Waals surface area contributed by atoms with Crippen LogP contribution in [0, 0.1) is 0 Å². The molecule has 0 heteroatoms. The Labute approximate surface area is 322 Å². The fraction of sp³-hybridized carbons (Fsp3) is 0.0545. The van der Waals surface area contributed by atoms with Gasteiger partial charge in [-0.05, 0) is 136 Å². The fourth-order valence-electron chi connectivity index (χ4n) is 10.1. The van der Waals surface area contributed by atoms with Gasteiger partial charge in [0.25, 0.3) is 0 Å². The molecule has 2 atom stereocenters. The molecule has 0 radical (unpaired) electrons. The van der Waals surface area contributed by atoms with Crippen LogP contribution in [0.3, 0.4) is 0 Å². The van der Waals surface area contributed by atoms with E-state index in [1.54, 1.807) is 0 Å². The summed E-state index contributed by atoms with van der Waals surface area (Å²) in [7, 11) is 0. The molecule has 55 heavy (non-hydrogen) atoms. The molecule has 2 unspecified atom stereocenters. The molecule has 0 aromatic heterocycles. The maximum atomic E-state index is 2.53. The van der Waals surface area contributed by atoms with E-state index < -0.39 is 0 Å². The van der Waals surface area contributed by atoms with Gasteiger partial charge in [-0.25, -0.2) is 0 Å². The number of benzene rings is 9. The van der Waals surface area contributed by atoms with Crippen molar-refractivity contribution in [2.75, 3.05) is 0 Å². The van der Waals surface area contributed by atoms with E-state index in [1.807, 2.05) is 0 Å². The molecule has 0 fully saturated rings. The molecule has 3 aliphatic carbocycles. The van der Waals surface area contributed by atoms with Crippen molar-refractivity contribution in [2.45, 2.75) is 18.3 Å². The van der Waals surface area contributed by atoms with Gasteiger partial charge in [-0.3, -0.25) is 0 Å². The maximum absolute atomic E-state index is 2.53. The molecule has 12 rings (SSSR count). The quantitative estimate of drug-likeness (QED) is 0.172. The van der Waals surface area contributed by atoms with Crippen molar-refractivity contribution in [3.8, 4) is 55.6 Å². The molecule has 0 saturated carbocycles. The Morgan fingerprint density at radius 3 is 1.71 bits per heavy atom. The molecule has 3 aliphatic rings. The molecule has 0 amide bonds. The van der Waals surface area contributed by atoms with Gasteiger partial charge in [0.05, 0.1) is 0 Å². The Morgan fingerprint density at radius 1 is 0.273 bits per heavy atom. The fourth-order valence-corrected chi connectivity index (χ4v) is 10.1. The molecule has 0 bridgehead atoms. The smallest absolute Gasteiger partial charge is 0.0352 e. The van der Waals surface area contributed by atoms with Crippen LogP contribution < -0.4 is 0 Å². The number of hydrogen-bond donors (Lipinski definition) is 0. The molecule has 256 valence electrons. The number of hydrogen-bond acceptors (Lipinski definition) is 0. The third kappa shape index (κ3) is 4.71. The van der Waals surface area contributed by atoms with Gasteiger partial charge in [0.1, 0.15) is 0 Å². The van der Waals surface area contributed by atoms with E-state index in [9.17, 15) is 0 Å². The first-order chi connectivity index (χ1) is 27.2. The number of fused-ring (bicyclic) bond motifs is 10. The van der Waals surface area contributed by atoms with Crippen LogP contribution in [-0.4, -0.2) is 0 Å². The lowest BCUT2D eigenvalue weighted by molar-refractivity contribution is 1.01. The zero-order valence-corrected chi connectivity index (χ0v) is 30.3. The molecule has 0 aliphatic heterocycles. The van der Waals surface area contributed by atoms with Crippen molar-refractivity contribution in [2.24, 2.45) is 0 Å². The van der Waals surface area contributed by atoms with Gasteiger partial charge in [0.15, 0.2) is 0 Å². The predicted molar refractivity (Wildman–Crippen MR) is 229 cm³/mol. The van der Waals surface area contributed by atoms with Crippen molar-refractivity contribution in [1.29, 1.82) is 0 Å². The average molecular weight is 697 g/mol. The van der Waals surface area contributed by atoms with Crippen molar-refractivity contribution >= 4 is 10.8 Å². The van der Waals surface area contributed by atoms with Crippen molar-refractivity contribution in [3.63, 3.8) is 0 Å². The van der Waals surface area contributed by atoms with Crippen LogP contribution in [0.25, 0.3) is 66.4 Å². The lowest BCUT2D eigenvalue weighted by Gasteiger charge is -2.17. The van der Waals surface area contributed by atoms with Crippen molar-refractivity contribution in [1.82, 2.24) is 0 Å². The minimum atomic E-state index is 0.192. The van der Waals surface area contributed by atoms with Gasteiger partial charge in [-0.15, -0.1) is 0 Å². The molecule has 0 nitrogen and oxygen atoms in total. The first kappa shape index (κ1) is 30.7. The van der Waals surface area contributed by atoms with Crippen LogP contribution in [0.1, 0.15) is 56.3 Å². The lowest BCUT2D eigenvalue weighted by atomic mass is 9.86. The minimum Gasteiger partial charge on any atom is -0.0622 e. The summed E-state index contributed by atoms with van der Waals surface area (Å²) >= 11 is 0. The normalized spacial score (nSPS) is 15.6. The summed E-state index contributed by atoms with van der Waals surface area (Å²) in [4.78, 5) is 0. The zero-order chi connectivity index (χ0) is 36.0. The summed E-state index contributed by atoms with van der Waals surface area (Å²) < 4.78 is 0. The Balaban J connectivity index is 0.995. The third-order valence-corrected chi connectivity index (χ3v) is 12.6. The van der Waals surface area contributed by atoms with Crippen molar-refractivity contribution in [3.05, 3.63) is 239 Å². The lowest BCUT2D eigenvalue weighted by Crippen LogP contribution is -2.00. The first-order valence-electron chi connectivity index (χ1n) is 19.5. The van der Waals surface area contributed by atoms with Gasteiger partial charge in [0.2, 0.25) is 0 Å². The molecule has 0 saturated heterocycles. The Morgan fingerprint density at radius 2 is 0.873 bits per heavy atom. The SMILES string of the molecule is c1ccc(-c2cccc(C3c4ccccc4-c4cc(-c5ccc6c(c5)-c5cc7c(cc5C6c5ccc6ccccc6c5)Cc5ccccc5-7)ccc43)c2)cc1. The van der Waals surface area contributed by atoms with Crippen LogP contribution in [0.15, 0.2) is 194 Å². The van der Waals surface area contributed by atoms with E-state index in [0.717, 1.165) is 6.42 Å². The van der Waals surface area contributed by atoms with E-state index >= 15 is 0 Å². The molecule has 0 spiro atoms. The van der Waals surface area contributed by atoms with E-state index in [0.29, 0.717) is 0 Å². The summed E-state index contributed by atoms with van der Waals surface area (Å²) in [5.74, 6) is 0.389. The van der Waals surface area contributed by atoms with E-state index in [2.05, 4.69) is 194 Å². The summed E-state index contributed by atoms with van der Waals surface area (Å²) in [5.41, 5.74) is 24.4. The molecule has 0 N–H and O–H groups in total. The van der Waals surface area contributed by atoms with E-state index in [4.69, 9.17) is 0 Å². The standard InChI is InChI=1S/C55H36/c1-2-11-34(12-3-1)37-16-10-17-41(27-37)54-46-20-9-8-19-45(46)50-30-38(23-25-47(50)54)39-24-26-48-51(31-39)52-33-49-43(29-40-15-6-7-18-44(40)49)32-53(52)55(48)42-22-21-35-13-4-5-14-36(35)28-42/h1-28,30-33,54-55H,29H2. The van der Waals surface area contributed by atoms with Crippen LogP contribution in [0.4, 0.5) is 0 Å². The zero-order valence-electron chi connectivity index (χ0n) is 30.3. The second kappa shape index (κ2) is 11.9. The molecule has 9 aromatic carbocycles. The van der Waals surface area contributed by atoms with E-state index in [1.165, 1.54) is 111 Å². The Hall–Kier alpha value is -6.76. The van der Waals surface area contributed by atoms with Crippen LogP contribution in [0.2, 0.25) is 0 Å². The van der Waals surface area contributed by atoms with Crippen molar-refractivity contribution < 1.29 is 0 Å². The Bertz CT molecular complexity index is 3020.